The number of benzene rings is 1. The highest BCUT2D eigenvalue weighted by atomic mass is 35.5. The molecule has 0 radical (unpaired) electrons. The van der Waals surface area contributed by atoms with E-state index < -0.39 is 0 Å². The van der Waals surface area contributed by atoms with Gasteiger partial charge in [-0.1, -0.05) is 23.7 Å². The van der Waals surface area contributed by atoms with Crippen LogP contribution in [0.1, 0.15) is 38.3 Å². The first-order valence-electron chi connectivity index (χ1n) is 6.39. The molecule has 1 aromatic carbocycles. The van der Waals surface area contributed by atoms with E-state index in [4.69, 9.17) is 23.8 Å². The van der Waals surface area contributed by atoms with Crippen LogP contribution in [-0.4, -0.2) is 11.2 Å². The summed E-state index contributed by atoms with van der Waals surface area (Å²) < 4.78 is 0. The van der Waals surface area contributed by atoms with Crippen molar-refractivity contribution < 1.29 is 0 Å². The van der Waals surface area contributed by atoms with Crippen molar-refractivity contribution in [1.29, 1.82) is 0 Å². The predicted octanol–water partition coefficient (Wildman–Crippen LogP) is 3.66. The minimum Gasteiger partial charge on any atom is -0.361 e. The molecule has 0 saturated heterocycles. The zero-order chi connectivity index (χ0) is 13.1. The first-order valence-corrected chi connectivity index (χ1v) is 7.17. The highest BCUT2D eigenvalue weighted by molar-refractivity contribution is 7.80. The van der Waals surface area contributed by atoms with Crippen molar-refractivity contribution in [3.8, 4) is 0 Å². The lowest BCUT2D eigenvalue weighted by Gasteiger charge is -2.22. The Morgan fingerprint density at radius 1 is 1.22 bits per heavy atom. The zero-order valence-electron chi connectivity index (χ0n) is 10.7. The molecule has 2 nitrogen and oxygen atoms in total. The molecule has 0 aliphatic heterocycles. The first kappa shape index (κ1) is 13.6. The van der Waals surface area contributed by atoms with Crippen LogP contribution in [0, 0.1) is 5.92 Å². The second kappa shape index (κ2) is 5.89. The van der Waals surface area contributed by atoms with Gasteiger partial charge in [-0.3, -0.25) is 0 Å². The van der Waals surface area contributed by atoms with Gasteiger partial charge >= 0.3 is 0 Å². The van der Waals surface area contributed by atoms with Gasteiger partial charge in [-0.05, 0) is 62.5 Å². The van der Waals surface area contributed by atoms with Crippen molar-refractivity contribution in [3.63, 3.8) is 0 Å². The van der Waals surface area contributed by atoms with Crippen LogP contribution < -0.4 is 10.6 Å². The van der Waals surface area contributed by atoms with Crippen LogP contribution in [0.4, 0.5) is 0 Å². The van der Waals surface area contributed by atoms with Gasteiger partial charge in [-0.25, -0.2) is 0 Å². The number of rotatable bonds is 4. The monoisotopic (exact) mass is 282 g/mol. The molecular formula is C14H19ClN2S. The summed E-state index contributed by atoms with van der Waals surface area (Å²) in [4.78, 5) is 0. The molecular weight excluding hydrogens is 264 g/mol. The molecule has 98 valence electrons. The van der Waals surface area contributed by atoms with Crippen molar-refractivity contribution in [3.05, 3.63) is 34.9 Å². The fourth-order valence-electron chi connectivity index (χ4n) is 2.02. The second-order valence-electron chi connectivity index (χ2n) is 5.14. The van der Waals surface area contributed by atoms with E-state index in [1.54, 1.807) is 0 Å². The Bertz CT molecular complexity index is 412. The largest absolute Gasteiger partial charge is 0.361 e. The Morgan fingerprint density at radius 3 is 2.33 bits per heavy atom. The maximum atomic E-state index is 5.93. The minimum atomic E-state index is 0.306. The van der Waals surface area contributed by atoms with Crippen LogP contribution in [0.25, 0.3) is 0 Å². The lowest BCUT2D eigenvalue weighted by atomic mass is 10.0. The Kier molecular flexibility index (Phi) is 4.46. The van der Waals surface area contributed by atoms with Gasteiger partial charge in [0.25, 0.3) is 0 Å². The molecule has 2 rings (SSSR count). The van der Waals surface area contributed by atoms with Crippen molar-refractivity contribution in [2.24, 2.45) is 5.92 Å². The molecule has 1 unspecified atom stereocenters. The van der Waals surface area contributed by atoms with Crippen molar-refractivity contribution in [2.75, 3.05) is 0 Å². The summed E-state index contributed by atoms with van der Waals surface area (Å²) in [6.45, 7) is 4.17. The summed E-state index contributed by atoms with van der Waals surface area (Å²) in [7, 11) is 0. The van der Waals surface area contributed by atoms with Crippen LogP contribution >= 0.6 is 23.8 Å². The van der Waals surface area contributed by atoms with E-state index >= 15 is 0 Å². The van der Waals surface area contributed by atoms with E-state index in [-0.39, 0.29) is 0 Å². The van der Waals surface area contributed by atoms with Gasteiger partial charge in [0.1, 0.15) is 0 Å². The molecule has 1 saturated carbocycles. The molecule has 4 heteroatoms. The molecule has 0 aromatic heterocycles. The molecule has 0 spiro atoms. The fourth-order valence-corrected chi connectivity index (χ4v) is 2.51. The van der Waals surface area contributed by atoms with E-state index in [9.17, 15) is 0 Å². The number of hydrogen-bond acceptors (Lipinski definition) is 1. The van der Waals surface area contributed by atoms with Crippen LogP contribution in [0.2, 0.25) is 5.02 Å². The maximum absolute atomic E-state index is 5.93. The standard InChI is InChI=1S/C14H19ClN2S/c1-9(2)16-14(18)17-13(10-3-4-10)11-5-7-12(15)8-6-11/h5-10,13H,3-4H2,1-2H3,(H2,16,17,18). The highest BCUT2D eigenvalue weighted by Gasteiger charge is 2.32. The molecule has 1 aliphatic rings. The van der Waals surface area contributed by atoms with Crippen LogP contribution in [0.15, 0.2) is 24.3 Å². The first-order chi connectivity index (χ1) is 8.56. The van der Waals surface area contributed by atoms with Gasteiger partial charge in [0.2, 0.25) is 0 Å². The third-order valence-corrected chi connectivity index (χ3v) is 3.52. The molecule has 0 amide bonds. The van der Waals surface area contributed by atoms with Crippen molar-refractivity contribution in [1.82, 2.24) is 10.6 Å². The predicted molar refractivity (Wildman–Crippen MR) is 80.9 cm³/mol. The van der Waals surface area contributed by atoms with E-state index in [1.165, 1.54) is 18.4 Å². The third kappa shape index (κ3) is 3.85. The van der Waals surface area contributed by atoms with Gasteiger partial charge in [-0.2, -0.15) is 0 Å². The van der Waals surface area contributed by atoms with E-state index in [0.29, 0.717) is 18.0 Å². The third-order valence-electron chi connectivity index (χ3n) is 3.03. The van der Waals surface area contributed by atoms with E-state index in [1.807, 2.05) is 12.1 Å². The average molecular weight is 283 g/mol. The summed E-state index contributed by atoms with van der Waals surface area (Å²) in [5.41, 5.74) is 1.26. The van der Waals surface area contributed by atoms with E-state index in [2.05, 4.69) is 36.6 Å². The average Bonchev–Trinajstić information content (AvgIpc) is 3.10. The Hall–Kier alpha value is -0.800. The lowest BCUT2D eigenvalue weighted by Crippen LogP contribution is -2.41. The topological polar surface area (TPSA) is 24.1 Å². The molecule has 2 N–H and O–H groups in total. The van der Waals surface area contributed by atoms with Gasteiger partial charge < -0.3 is 10.6 Å². The van der Waals surface area contributed by atoms with Gasteiger partial charge in [0, 0.05) is 11.1 Å². The summed E-state index contributed by atoms with van der Waals surface area (Å²) >= 11 is 11.3. The zero-order valence-corrected chi connectivity index (χ0v) is 12.3. The molecule has 1 atom stereocenters. The number of hydrogen-bond donors (Lipinski definition) is 2. The van der Waals surface area contributed by atoms with Gasteiger partial charge in [0.05, 0.1) is 6.04 Å². The Balaban J connectivity index is 2.04. The van der Waals surface area contributed by atoms with Crippen molar-refractivity contribution >= 4 is 28.9 Å². The molecule has 0 bridgehead atoms. The van der Waals surface area contributed by atoms with Crippen molar-refractivity contribution in [2.45, 2.75) is 38.8 Å². The summed E-state index contributed by atoms with van der Waals surface area (Å²) in [5.74, 6) is 0.693. The Morgan fingerprint density at radius 2 is 1.83 bits per heavy atom. The smallest absolute Gasteiger partial charge is 0.166 e. The molecule has 0 heterocycles. The second-order valence-corrected chi connectivity index (χ2v) is 5.98. The van der Waals surface area contributed by atoms with E-state index in [0.717, 1.165) is 10.1 Å². The maximum Gasteiger partial charge on any atom is 0.166 e. The van der Waals surface area contributed by atoms with Crippen LogP contribution in [0.5, 0.6) is 0 Å². The number of nitrogens with one attached hydrogen (secondary N) is 2. The normalized spacial score (nSPS) is 16.4. The fraction of sp³-hybridized carbons (Fsp3) is 0.500. The molecule has 1 fully saturated rings. The minimum absolute atomic E-state index is 0.306. The lowest BCUT2D eigenvalue weighted by molar-refractivity contribution is 0.558. The molecule has 1 aromatic rings. The Labute approximate surface area is 119 Å². The van der Waals surface area contributed by atoms with Gasteiger partial charge in [-0.15, -0.1) is 0 Å². The summed E-state index contributed by atoms with van der Waals surface area (Å²) in [6, 6.07) is 8.70. The van der Waals surface area contributed by atoms with Gasteiger partial charge in [0.15, 0.2) is 5.11 Å². The van der Waals surface area contributed by atoms with Crippen LogP contribution in [0.3, 0.4) is 0 Å². The van der Waals surface area contributed by atoms with Crippen LogP contribution in [-0.2, 0) is 0 Å². The highest BCUT2D eigenvalue weighted by Crippen LogP contribution is 2.41. The molecule has 18 heavy (non-hydrogen) atoms. The molecule has 1 aliphatic carbocycles. The summed E-state index contributed by atoms with van der Waals surface area (Å²) in [5, 5.41) is 8.16. The SMILES string of the molecule is CC(C)NC(=S)NC(c1ccc(Cl)cc1)C1CC1. The number of halogens is 1. The summed E-state index contributed by atoms with van der Waals surface area (Å²) in [6.07, 6.45) is 2.54. The number of thiocarbonyl (C=S) groups is 1. The quantitative estimate of drug-likeness (QED) is 0.824.